The predicted molar refractivity (Wildman–Crippen MR) is 207 cm³/mol. The van der Waals surface area contributed by atoms with Gasteiger partial charge in [-0.15, -0.1) is 0 Å². The van der Waals surface area contributed by atoms with Crippen LogP contribution in [-0.2, 0) is 12.8 Å². The quantitative estimate of drug-likeness (QED) is 0.189. The van der Waals surface area contributed by atoms with Gasteiger partial charge < -0.3 is 24.0 Å². The van der Waals surface area contributed by atoms with Gasteiger partial charge in [-0.1, -0.05) is 60.7 Å². The highest BCUT2D eigenvalue weighted by Crippen LogP contribution is 2.50. The average Bonchev–Trinajstić information content (AvgIpc) is 3.69. The number of aromatic nitrogens is 3. The zero-order valence-electron chi connectivity index (χ0n) is 30.9. The van der Waals surface area contributed by atoms with Crippen molar-refractivity contribution in [2.75, 3.05) is 22.9 Å². The van der Waals surface area contributed by atoms with E-state index in [1.54, 1.807) is 0 Å². The maximum absolute atomic E-state index is 4.96. The molecular weight excluding hydrogens is 627 g/mol. The Kier molecular flexibility index (Phi) is 7.71. The highest BCUT2D eigenvalue weighted by molar-refractivity contribution is 5.77. The van der Waals surface area contributed by atoms with Crippen LogP contribution in [0.25, 0.3) is 16.9 Å². The van der Waals surface area contributed by atoms with E-state index in [1.807, 2.05) is 12.4 Å². The summed E-state index contributed by atoms with van der Waals surface area (Å²) in [6, 6.07) is 27.3. The van der Waals surface area contributed by atoms with Crippen LogP contribution in [0, 0.1) is 13.8 Å². The Morgan fingerprint density at radius 2 is 1.39 bits per heavy atom. The fourth-order valence-electron chi connectivity index (χ4n) is 9.62. The molecule has 3 atom stereocenters. The van der Waals surface area contributed by atoms with Crippen LogP contribution < -0.4 is 9.80 Å². The van der Waals surface area contributed by atoms with Gasteiger partial charge in [-0.2, -0.15) is 0 Å². The fraction of sp³-hybridized carbons (Fsp3) is 0.364. The van der Waals surface area contributed by atoms with Gasteiger partial charge in [0.1, 0.15) is 18.0 Å². The first-order valence-electron chi connectivity index (χ1n) is 18.9. The van der Waals surface area contributed by atoms with Crippen LogP contribution in [0.5, 0.6) is 0 Å². The molecule has 9 rings (SSSR count). The lowest BCUT2D eigenvalue weighted by Gasteiger charge is -2.46. The second-order valence-corrected chi connectivity index (χ2v) is 15.0. The Hall–Kier alpha value is -5.04. The molecule has 0 amide bonds. The number of allylic oxidation sites excluding steroid dienone is 4. The Bertz CT molecular complexity index is 2230. The van der Waals surface area contributed by atoms with Gasteiger partial charge in [0.25, 0.3) is 0 Å². The van der Waals surface area contributed by atoms with E-state index in [1.165, 1.54) is 68.5 Å². The number of rotatable bonds is 4. The Labute approximate surface area is 302 Å². The molecule has 260 valence electrons. The number of imidazole rings is 1. The minimum atomic E-state index is 0.228. The number of para-hydroxylation sites is 2. The molecule has 3 aromatic carbocycles. The van der Waals surface area contributed by atoms with Crippen molar-refractivity contribution in [1.82, 2.24) is 24.2 Å². The van der Waals surface area contributed by atoms with Crippen molar-refractivity contribution < 1.29 is 0 Å². The number of aryl methyl sites for hydroxylation is 3. The molecule has 7 heteroatoms. The number of nitrogens with zero attached hydrogens (tertiary/aromatic N) is 7. The first-order chi connectivity index (χ1) is 24.8. The van der Waals surface area contributed by atoms with Gasteiger partial charge in [-0.05, 0) is 102 Å². The second kappa shape index (κ2) is 12.3. The molecular formula is C44H49N7. The summed E-state index contributed by atoms with van der Waals surface area (Å²) in [5.74, 6) is 0.333. The average molecular weight is 676 g/mol. The summed E-state index contributed by atoms with van der Waals surface area (Å²) < 4.78 is 2.18. The Morgan fingerprint density at radius 3 is 2.24 bits per heavy atom. The highest BCUT2D eigenvalue weighted by atomic mass is 15.4. The van der Waals surface area contributed by atoms with Crippen molar-refractivity contribution in [3.8, 4) is 11.3 Å². The molecule has 0 spiro atoms. The van der Waals surface area contributed by atoms with Crippen molar-refractivity contribution in [1.29, 1.82) is 0 Å². The van der Waals surface area contributed by atoms with E-state index in [4.69, 9.17) is 9.97 Å². The summed E-state index contributed by atoms with van der Waals surface area (Å²) in [6.45, 7) is 15.7. The number of fused-ring (bicyclic) bond motifs is 8. The summed E-state index contributed by atoms with van der Waals surface area (Å²) in [6.07, 6.45) is 9.77. The minimum absolute atomic E-state index is 0.228. The van der Waals surface area contributed by atoms with E-state index in [0.717, 1.165) is 55.8 Å². The number of benzene rings is 3. The normalized spacial score (nSPS) is 21.6. The lowest BCUT2D eigenvalue weighted by molar-refractivity contribution is 0.215. The van der Waals surface area contributed by atoms with E-state index in [2.05, 4.69) is 138 Å². The van der Waals surface area contributed by atoms with E-state index in [-0.39, 0.29) is 12.3 Å². The lowest BCUT2D eigenvalue weighted by atomic mass is 9.82. The highest BCUT2D eigenvalue weighted by Gasteiger charge is 2.46. The van der Waals surface area contributed by atoms with Crippen LogP contribution in [0.15, 0.2) is 108 Å². The summed E-state index contributed by atoms with van der Waals surface area (Å²) in [7, 11) is 0. The van der Waals surface area contributed by atoms with E-state index >= 15 is 0 Å². The molecule has 5 aromatic rings. The first-order valence-corrected chi connectivity index (χ1v) is 18.9. The van der Waals surface area contributed by atoms with Crippen LogP contribution in [0.3, 0.4) is 0 Å². The van der Waals surface area contributed by atoms with Crippen molar-refractivity contribution >= 4 is 17.0 Å². The van der Waals surface area contributed by atoms with Crippen molar-refractivity contribution in [3.05, 3.63) is 136 Å². The molecule has 0 aliphatic carbocycles. The van der Waals surface area contributed by atoms with E-state index < -0.39 is 0 Å². The third-order valence-corrected chi connectivity index (χ3v) is 12.5. The van der Waals surface area contributed by atoms with Gasteiger partial charge in [0.15, 0.2) is 5.65 Å². The standard InChI is InChI=1S/C44H49N7/c1-28-29(2)48-26-23-45-42(43(48)46-28)36-17-9-7-15-34(36)21-22-41-47-24-13-14-25-49-31(4)33(6)51-39-19-11-8-16-35(39)27-38(44(49)51)37-18-10-12-20-40(37)50(41)32(5)30(47)3/h7-12,15-20,23,26,38,41,44H,13-14,21-22,24-25,27H2,1-6H3/t38?,41-,44?/m1/s1. The molecule has 51 heavy (non-hydrogen) atoms. The Balaban J connectivity index is 1.13. The third kappa shape index (κ3) is 4.91. The zero-order chi connectivity index (χ0) is 35.0. The summed E-state index contributed by atoms with van der Waals surface area (Å²) >= 11 is 0. The maximum atomic E-state index is 4.96. The molecule has 0 radical (unpaired) electrons. The van der Waals surface area contributed by atoms with Gasteiger partial charge in [0.2, 0.25) is 0 Å². The molecule has 4 aliphatic heterocycles. The summed E-state index contributed by atoms with van der Waals surface area (Å²) in [5.41, 5.74) is 17.8. The molecule has 0 N–H and O–H groups in total. The van der Waals surface area contributed by atoms with Crippen molar-refractivity contribution in [2.24, 2.45) is 0 Å². The van der Waals surface area contributed by atoms with Crippen LogP contribution in [-0.4, -0.2) is 49.6 Å². The molecule has 4 aliphatic rings. The van der Waals surface area contributed by atoms with Crippen LogP contribution >= 0.6 is 0 Å². The molecule has 7 nitrogen and oxygen atoms in total. The van der Waals surface area contributed by atoms with Gasteiger partial charge in [0, 0.05) is 76.8 Å². The summed E-state index contributed by atoms with van der Waals surface area (Å²) in [4.78, 5) is 20.7. The van der Waals surface area contributed by atoms with Crippen LogP contribution in [0.2, 0.25) is 0 Å². The van der Waals surface area contributed by atoms with Crippen molar-refractivity contribution in [2.45, 2.75) is 91.9 Å². The van der Waals surface area contributed by atoms with Gasteiger partial charge >= 0.3 is 0 Å². The monoisotopic (exact) mass is 675 g/mol. The Morgan fingerprint density at radius 1 is 0.706 bits per heavy atom. The van der Waals surface area contributed by atoms with E-state index in [9.17, 15) is 0 Å². The number of hydrogen-bond acceptors (Lipinski definition) is 6. The lowest BCUT2D eigenvalue weighted by Crippen LogP contribution is -2.49. The van der Waals surface area contributed by atoms with Crippen LogP contribution in [0.4, 0.5) is 11.4 Å². The molecule has 2 unspecified atom stereocenters. The molecule has 6 heterocycles. The van der Waals surface area contributed by atoms with Gasteiger partial charge in [0.05, 0.1) is 5.69 Å². The van der Waals surface area contributed by atoms with Crippen LogP contribution in [0.1, 0.15) is 81.0 Å². The molecule has 2 aromatic heterocycles. The predicted octanol–water partition coefficient (Wildman–Crippen LogP) is 9.18. The molecule has 0 saturated heterocycles. The molecule has 0 fully saturated rings. The summed E-state index contributed by atoms with van der Waals surface area (Å²) in [5, 5.41) is 0. The fourth-order valence-corrected chi connectivity index (χ4v) is 9.62. The number of hydrogen-bond donors (Lipinski definition) is 0. The largest absolute Gasteiger partial charge is 0.353 e. The smallest absolute Gasteiger partial charge is 0.163 e. The first kappa shape index (κ1) is 31.9. The van der Waals surface area contributed by atoms with E-state index in [0.29, 0.717) is 5.92 Å². The van der Waals surface area contributed by atoms with Crippen molar-refractivity contribution in [3.63, 3.8) is 0 Å². The van der Waals surface area contributed by atoms with Gasteiger partial charge in [-0.25, -0.2) is 4.98 Å². The zero-order valence-corrected chi connectivity index (χ0v) is 30.9. The maximum Gasteiger partial charge on any atom is 0.163 e. The minimum Gasteiger partial charge on any atom is -0.353 e. The second-order valence-electron chi connectivity index (χ2n) is 15.0. The van der Waals surface area contributed by atoms with Gasteiger partial charge in [-0.3, -0.25) is 4.98 Å². The number of anilines is 2. The molecule has 0 saturated carbocycles. The molecule has 2 bridgehead atoms. The third-order valence-electron chi connectivity index (χ3n) is 12.5. The topological polar surface area (TPSA) is 43.2 Å². The SMILES string of the molecule is CC1=C(C)N2c3ccccc3CC3c4ccccc4N4C(C)=C(C)N(CCCCN1C32)[C@H]4CCc1ccccc1-c1nccn2c(C)c(C)nc12.